The molecular weight excluding hydrogens is 493 g/mol. The van der Waals surface area contributed by atoms with Crippen LogP contribution < -0.4 is 0 Å². The van der Waals surface area contributed by atoms with Crippen LogP contribution in [-0.2, 0) is 16.6 Å². The first-order valence-electron chi connectivity index (χ1n) is 11.3. The van der Waals surface area contributed by atoms with Crippen molar-refractivity contribution in [3.05, 3.63) is 91.3 Å². The van der Waals surface area contributed by atoms with Gasteiger partial charge in [0, 0.05) is 17.8 Å². The Bertz CT molecular complexity index is 1930. The lowest BCUT2D eigenvalue weighted by molar-refractivity contribution is 0.588. The van der Waals surface area contributed by atoms with Crippen molar-refractivity contribution < 1.29 is 12.8 Å². The van der Waals surface area contributed by atoms with Gasteiger partial charge in [0.2, 0.25) is 0 Å². The number of aryl methyl sites for hydroxylation is 1. The summed E-state index contributed by atoms with van der Waals surface area (Å²) in [5.41, 5.74) is 2.10. The van der Waals surface area contributed by atoms with Crippen LogP contribution in [0.2, 0.25) is 0 Å². The van der Waals surface area contributed by atoms with E-state index in [2.05, 4.69) is 21.1 Å². The van der Waals surface area contributed by atoms with Crippen molar-refractivity contribution in [3.63, 3.8) is 0 Å². The van der Waals surface area contributed by atoms with Crippen molar-refractivity contribution in [1.82, 2.24) is 28.3 Å². The van der Waals surface area contributed by atoms with Crippen molar-refractivity contribution in [2.24, 2.45) is 0 Å². The van der Waals surface area contributed by atoms with Crippen molar-refractivity contribution >= 4 is 32.1 Å². The maximum absolute atomic E-state index is 14.9. The normalized spacial score (nSPS) is 11.8. The smallest absolute Gasteiger partial charge is 0.269 e. The summed E-state index contributed by atoms with van der Waals surface area (Å²) < 4.78 is 46.2. The highest BCUT2D eigenvalue weighted by atomic mass is 32.2. The van der Waals surface area contributed by atoms with E-state index in [0.717, 1.165) is 3.97 Å². The van der Waals surface area contributed by atoms with E-state index in [4.69, 9.17) is 5.26 Å². The van der Waals surface area contributed by atoms with E-state index >= 15 is 0 Å². The van der Waals surface area contributed by atoms with Gasteiger partial charge >= 0.3 is 0 Å². The number of fused-ring (bicyclic) bond motifs is 3. The van der Waals surface area contributed by atoms with Gasteiger partial charge in [-0.05, 0) is 30.3 Å². The first-order valence-corrected chi connectivity index (χ1v) is 12.8. The summed E-state index contributed by atoms with van der Waals surface area (Å²) in [5.74, 6) is -0.134. The molecule has 2 aromatic carbocycles. The highest BCUT2D eigenvalue weighted by Gasteiger charge is 2.24. The van der Waals surface area contributed by atoms with Crippen LogP contribution in [0.25, 0.3) is 39.1 Å². The van der Waals surface area contributed by atoms with E-state index in [0.29, 0.717) is 34.5 Å². The lowest BCUT2D eigenvalue weighted by atomic mass is 10.2. The molecule has 0 spiro atoms. The number of pyridine rings is 1. The second-order valence-electron chi connectivity index (χ2n) is 8.28. The Hall–Kier alpha value is -4.82. The quantitative estimate of drug-likeness (QED) is 0.325. The van der Waals surface area contributed by atoms with Crippen molar-refractivity contribution in [2.45, 2.75) is 17.9 Å². The minimum Gasteiger partial charge on any atom is -0.288 e. The van der Waals surface area contributed by atoms with E-state index in [1.807, 2.05) is 0 Å². The molecule has 0 saturated carbocycles. The zero-order chi connectivity index (χ0) is 25.6. The summed E-state index contributed by atoms with van der Waals surface area (Å²) in [6.07, 6.45) is 6.56. The Balaban J connectivity index is 1.64. The number of aromatic nitrogens is 6. The molecule has 0 radical (unpaired) electrons. The van der Waals surface area contributed by atoms with Crippen LogP contribution in [0.15, 0.2) is 90.3 Å². The molecule has 0 unspecified atom stereocenters. The average molecular weight is 512 g/mol. The van der Waals surface area contributed by atoms with Crippen molar-refractivity contribution in [2.75, 3.05) is 0 Å². The molecule has 182 valence electrons. The average Bonchev–Trinajstić information content (AvgIpc) is 3.64. The monoisotopic (exact) mass is 511 g/mol. The second-order valence-corrected chi connectivity index (χ2v) is 10.1. The molecule has 0 aliphatic heterocycles. The minimum absolute atomic E-state index is 0.133. The van der Waals surface area contributed by atoms with Crippen LogP contribution >= 0.6 is 0 Å². The first kappa shape index (κ1) is 22.6. The van der Waals surface area contributed by atoms with E-state index in [-0.39, 0.29) is 22.5 Å². The highest BCUT2D eigenvalue weighted by Crippen LogP contribution is 2.34. The SMILES string of the molecule is N#CCCn1cc(-n2c(-c3ccccc3F)nc3cnc4c(ccn4S(=O)(=O)c4ccccc4)c32)cn1. The number of hydrogen-bond acceptors (Lipinski definition) is 6. The topological polar surface area (TPSA) is 111 Å². The number of hydrogen-bond donors (Lipinski definition) is 0. The molecule has 4 aromatic heterocycles. The number of rotatable bonds is 6. The molecule has 0 aliphatic carbocycles. The van der Waals surface area contributed by atoms with Crippen LogP contribution in [0.5, 0.6) is 0 Å². The summed E-state index contributed by atoms with van der Waals surface area (Å²) in [6, 6.07) is 18.2. The molecule has 0 atom stereocenters. The van der Waals surface area contributed by atoms with Crippen LogP contribution in [0.3, 0.4) is 0 Å². The summed E-state index contributed by atoms with van der Waals surface area (Å²) in [5, 5.41) is 13.8. The van der Waals surface area contributed by atoms with Crippen molar-refractivity contribution in [1.29, 1.82) is 5.26 Å². The lowest BCUT2D eigenvalue weighted by Crippen LogP contribution is -2.12. The fourth-order valence-electron chi connectivity index (χ4n) is 4.36. The van der Waals surface area contributed by atoms with Gasteiger partial charge in [0.15, 0.2) is 5.65 Å². The predicted octanol–water partition coefficient (Wildman–Crippen LogP) is 4.53. The largest absolute Gasteiger partial charge is 0.288 e. The van der Waals surface area contributed by atoms with E-state index in [9.17, 15) is 12.8 Å². The Morgan fingerprint density at radius 1 is 1.00 bits per heavy atom. The molecular formula is C26H18FN7O2S. The van der Waals surface area contributed by atoms with Gasteiger partial charge in [-0.25, -0.2) is 26.7 Å². The third-order valence-electron chi connectivity index (χ3n) is 6.04. The molecule has 4 heterocycles. The first-order chi connectivity index (χ1) is 18.0. The zero-order valence-corrected chi connectivity index (χ0v) is 20.0. The van der Waals surface area contributed by atoms with Gasteiger partial charge in [0.25, 0.3) is 10.0 Å². The summed E-state index contributed by atoms with van der Waals surface area (Å²) >= 11 is 0. The number of halogens is 1. The zero-order valence-electron chi connectivity index (χ0n) is 19.2. The van der Waals surface area contributed by atoms with Crippen LogP contribution in [0, 0.1) is 17.1 Å². The Morgan fingerprint density at radius 2 is 1.78 bits per heavy atom. The molecule has 6 rings (SSSR count). The van der Waals surface area contributed by atoms with Gasteiger partial charge in [-0.15, -0.1) is 0 Å². The summed E-state index contributed by atoms with van der Waals surface area (Å²) in [4.78, 5) is 9.25. The number of benzene rings is 2. The number of nitrogens with zero attached hydrogens (tertiary/aromatic N) is 7. The maximum Gasteiger partial charge on any atom is 0.269 e. The van der Waals surface area contributed by atoms with Gasteiger partial charge in [-0.3, -0.25) is 9.25 Å². The lowest BCUT2D eigenvalue weighted by Gasteiger charge is -2.09. The van der Waals surface area contributed by atoms with Crippen LogP contribution in [0.1, 0.15) is 6.42 Å². The molecule has 9 nitrogen and oxygen atoms in total. The summed E-state index contributed by atoms with van der Waals surface area (Å²) in [6.45, 7) is 0.390. The van der Waals surface area contributed by atoms with Gasteiger partial charge in [0.1, 0.15) is 17.2 Å². The molecule has 11 heteroatoms. The Labute approximate surface area is 210 Å². The van der Waals surface area contributed by atoms with Crippen molar-refractivity contribution in [3.8, 4) is 23.1 Å². The third kappa shape index (κ3) is 3.66. The second kappa shape index (κ2) is 8.69. The fraction of sp³-hybridized carbons (Fsp3) is 0.0769. The number of imidazole rings is 1. The van der Waals surface area contributed by atoms with Crippen LogP contribution in [0.4, 0.5) is 4.39 Å². The van der Waals surface area contributed by atoms with E-state index in [1.54, 1.807) is 64.1 Å². The highest BCUT2D eigenvalue weighted by molar-refractivity contribution is 7.90. The molecule has 0 saturated heterocycles. The Kier molecular flexibility index (Phi) is 5.31. The molecule has 6 aromatic rings. The molecule has 37 heavy (non-hydrogen) atoms. The molecule has 0 fully saturated rings. The van der Waals surface area contributed by atoms with E-state index in [1.165, 1.54) is 30.6 Å². The van der Waals surface area contributed by atoms with Gasteiger partial charge < -0.3 is 0 Å². The molecule has 0 amide bonds. The van der Waals surface area contributed by atoms with Gasteiger partial charge in [0.05, 0.1) is 53.1 Å². The van der Waals surface area contributed by atoms with Crippen LogP contribution in [-0.4, -0.2) is 36.7 Å². The molecule has 0 aliphatic rings. The minimum atomic E-state index is -3.91. The standard InChI is InChI=1S/C26H18FN7O2S/c27-22-10-5-4-9-20(22)26-31-23-16-29-25-21(11-14-33(25)37(35,36)19-7-2-1-3-8-19)24(23)34(26)18-15-30-32(17-18)13-6-12-28/h1-5,7-11,14-17H,6,13H2. The maximum atomic E-state index is 14.9. The van der Waals surface area contributed by atoms with E-state index < -0.39 is 15.8 Å². The number of nitriles is 1. The molecule has 0 bridgehead atoms. The third-order valence-corrected chi connectivity index (χ3v) is 7.72. The Morgan fingerprint density at radius 3 is 2.57 bits per heavy atom. The summed E-state index contributed by atoms with van der Waals surface area (Å²) in [7, 11) is -3.91. The van der Waals surface area contributed by atoms with Gasteiger partial charge in [-0.1, -0.05) is 30.3 Å². The fourth-order valence-corrected chi connectivity index (χ4v) is 5.68. The predicted molar refractivity (Wildman–Crippen MR) is 135 cm³/mol. The molecule has 0 N–H and O–H groups in total. The van der Waals surface area contributed by atoms with Gasteiger partial charge in [-0.2, -0.15) is 10.4 Å².